The Kier molecular flexibility index (Phi) is 6.00. The fraction of sp³-hybridized carbons (Fsp3) is 0.647. The van der Waals surface area contributed by atoms with Gasteiger partial charge in [0.25, 0.3) is 0 Å². The molecule has 21 heavy (non-hydrogen) atoms. The molecule has 2 N–H and O–H groups in total. The molecule has 0 bridgehead atoms. The van der Waals surface area contributed by atoms with E-state index in [4.69, 9.17) is 4.74 Å². The first-order valence-electron chi connectivity index (χ1n) is 7.86. The highest BCUT2D eigenvalue weighted by Crippen LogP contribution is 2.26. The second kappa shape index (κ2) is 7.76. The van der Waals surface area contributed by atoms with Crippen molar-refractivity contribution in [3.8, 4) is 0 Å². The molecule has 0 aromatic heterocycles. The quantitative estimate of drug-likeness (QED) is 0.844. The zero-order valence-electron chi connectivity index (χ0n) is 12.9. The van der Waals surface area contributed by atoms with Crippen LogP contribution in [0.2, 0.25) is 0 Å². The maximum atomic E-state index is 13.4. The van der Waals surface area contributed by atoms with Crippen LogP contribution < -0.4 is 5.32 Å². The summed E-state index contributed by atoms with van der Waals surface area (Å²) in [5.41, 5.74) is 1.30. The van der Waals surface area contributed by atoms with Crippen LogP contribution in [-0.2, 0) is 4.74 Å². The Balaban J connectivity index is 1.71. The molecule has 2 rings (SSSR count). The van der Waals surface area contributed by atoms with Gasteiger partial charge in [-0.25, -0.2) is 4.39 Å². The monoisotopic (exact) mass is 295 g/mol. The van der Waals surface area contributed by atoms with E-state index in [1.807, 2.05) is 6.07 Å². The minimum atomic E-state index is -0.580. The Bertz CT molecular complexity index is 452. The summed E-state index contributed by atoms with van der Waals surface area (Å²) >= 11 is 0. The number of rotatable bonds is 6. The molecule has 0 spiro atoms. The third kappa shape index (κ3) is 4.97. The Morgan fingerprint density at radius 3 is 2.86 bits per heavy atom. The predicted molar refractivity (Wildman–Crippen MR) is 83.0 cm³/mol. The first kappa shape index (κ1) is 16.2. The smallest absolute Gasteiger partial charge is 0.128 e. The number of hydrogen-bond donors (Lipinski definition) is 2. The van der Waals surface area contributed by atoms with Gasteiger partial charge in [0, 0.05) is 12.2 Å². The average Bonchev–Trinajstić information content (AvgIpc) is 2.47. The second-order valence-electron chi connectivity index (χ2n) is 6.13. The van der Waals surface area contributed by atoms with E-state index in [0.717, 1.165) is 6.42 Å². The van der Waals surface area contributed by atoms with E-state index >= 15 is 0 Å². The lowest BCUT2D eigenvalue weighted by Crippen LogP contribution is -2.32. The van der Waals surface area contributed by atoms with E-state index < -0.39 is 6.10 Å². The molecule has 1 aliphatic carbocycles. The average molecular weight is 295 g/mol. The van der Waals surface area contributed by atoms with Gasteiger partial charge in [-0.3, -0.25) is 0 Å². The normalized spacial score (nSPS) is 23.8. The third-order valence-corrected chi connectivity index (χ3v) is 4.25. The third-order valence-electron chi connectivity index (χ3n) is 4.25. The Hall–Kier alpha value is -1.13. The zero-order valence-corrected chi connectivity index (χ0v) is 12.9. The molecule has 3 unspecified atom stereocenters. The van der Waals surface area contributed by atoms with Gasteiger partial charge in [-0.2, -0.15) is 0 Å². The van der Waals surface area contributed by atoms with Crippen LogP contribution in [0.3, 0.4) is 0 Å². The van der Waals surface area contributed by atoms with Crippen LogP contribution >= 0.6 is 0 Å². The molecule has 0 aliphatic heterocycles. The lowest BCUT2D eigenvalue weighted by Gasteiger charge is -2.29. The Labute approximate surface area is 126 Å². The molecule has 0 heterocycles. The summed E-state index contributed by atoms with van der Waals surface area (Å²) in [6.07, 6.45) is 4.48. The van der Waals surface area contributed by atoms with Gasteiger partial charge in [0.15, 0.2) is 0 Å². The van der Waals surface area contributed by atoms with Gasteiger partial charge in [0.1, 0.15) is 5.82 Å². The summed E-state index contributed by atoms with van der Waals surface area (Å²) in [5.74, 6) is 0.340. The minimum absolute atomic E-state index is 0.234. The highest BCUT2D eigenvalue weighted by molar-refractivity contribution is 5.45. The van der Waals surface area contributed by atoms with Crippen LogP contribution in [0.5, 0.6) is 0 Å². The lowest BCUT2D eigenvalue weighted by molar-refractivity contribution is -0.0424. The molecule has 1 aromatic rings. The van der Waals surface area contributed by atoms with E-state index in [-0.39, 0.29) is 11.9 Å². The maximum Gasteiger partial charge on any atom is 0.128 e. The topological polar surface area (TPSA) is 41.5 Å². The molecule has 3 nitrogen and oxygen atoms in total. The molecule has 0 saturated heterocycles. The SMILES string of the molecule is Cc1ccc(NCC(O)COC2CCCCC2C)cc1F. The standard InChI is InChI=1S/C17H26FNO2/c1-12-7-8-14(9-16(12)18)19-10-15(20)11-21-17-6-4-3-5-13(17)2/h7-9,13,15,17,19-20H,3-6,10-11H2,1-2H3. The molecule has 1 aromatic carbocycles. The van der Waals surface area contributed by atoms with Crippen molar-refractivity contribution in [3.05, 3.63) is 29.6 Å². The van der Waals surface area contributed by atoms with Crippen molar-refractivity contribution in [2.24, 2.45) is 5.92 Å². The van der Waals surface area contributed by atoms with Crippen LogP contribution in [0.4, 0.5) is 10.1 Å². The van der Waals surface area contributed by atoms with Crippen LogP contribution in [-0.4, -0.2) is 30.5 Å². The molecule has 1 fully saturated rings. The fourth-order valence-electron chi connectivity index (χ4n) is 2.76. The van der Waals surface area contributed by atoms with E-state index in [1.54, 1.807) is 13.0 Å². The van der Waals surface area contributed by atoms with Crippen molar-refractivity contribution >= 4 is 5.69 Å². The van der Waals surface area contributed by atoms with Gasteiger partial charge in [0.2, 0.25) is 0 Å². The van der Waals surface area contributed by atoms with Gasteiger partial charge in [-0.15, -0.1) is 0 Å². The van der Waals surface area contributed by atoms with Crippen LogP contribution in [0.25, 0.3) is 0 Å². The van der Waals surface area contributed by atoms with Crippen molar-refractivity contribution in [3.63, 3.8) is 0 Å². The molecular weight excluding hydrogens is 269 g/mol. The minimum Gasteiger partial charge on any atom is -0.389 e. The van der Waals surface area contributed by atoms with Crippen molar-refractivity contribution in [2.45, 2.75) is 51.7 Å². The van der Waals surface area contributed by atoms with Crippen molar-refractivity contribution in [2.75, 3.05) is 18.5 Å². The molecule has 118 valence electrons. The number of hydrogen-bond acceptors (Lipinski definition) is 3. The fourth-order valence-corrected chi connectivity index (χ4v) is 2.76. The summed E-state index contributed by atoms with van der Waals surface area (Å²) in [5, 5.41) is 13.0. The highest BCUT2D eigenvalue weighted by Gasteiger charge is 2.22. The van der Waals surface area contributed by atoms with Gasteiger partial charge in [0.05, 0.1) is 18.8 Å². The second-order valence-corrected chi connectivity index (χ2v) is 6.13. The molecule has 1 aliphatic rings. The van der Waals surface area contributed by atoms with Gasteiger partial charge in [-0.05, 0) is 43.4 Å². The number of aryl methyl sites for hydroxylation is 1. The molecule has 3 atom stereocenters. The summed E-state index contributed by atoms with van der Waals surface area (Å²) < 4.78 is 19.2. The van der Waals surface area contributed by atoms with Gasteiger partial charge >= 0.3 is 0 Å². The Morgan fingerprint density at radius 1 is 1.38 bits per heavy atom. The summed E-state index contributed by atoms with van der Waals surface area (Å²) in [6, 6.07) is 4.99. The number of aliphatic hydroxyl groups is 1. The largest absolute Gasteiger partial charge is 0.389 e. The molecular formula is C17H26FNO2. The first-order chi connectivity index (χ1) is 10.1. The van der Waals surface area contributed by atoms with Crippen LogP contribution in [0.1, 0.15) is 38.2 Å². The zero-order chi connectivity index (χ0) is 15.2. The number of anilines is 1. The van der Waals surface area contributed by atoms with Gasteiger partial charge < -0.3 is 15.2 Å². The predicted octanol–water partition coefficient (Wildman–Crippen LogP) is 3.50. The van der Waals surface area contributed by atoms with Crippen LogP contribution in [0, 0.1) is 18.7 Å². The first-order valence-corrected chi connectivity index (χ1v) is 7.86. The molecule has 0 amide bonds. The van der Waals surface area contributed by atoms with Crippen molar-refractivity contribution in [1.29, 1.82) is 0 Å². The molecule has 0 radical (unpaired) electrons. The van der Waals surface area contributed by atoms with E-state index in [9.17, 15) is 9.50 Å². The number of nitrogens with one attached hydrogen (secondary N) is 1. The Morgan fingerprint density at radius 2 is 2.14 bits per heavy atom. The highest BCUT2D eigenvalue weighted by atomic mass is 19.1. The van der Waals surface area contributed by atoms with E-state index in [0.29, 0.717) is 30.3 Å². The number of benzene rings is 1. The van der Waals surface area contributed by atoms with Crippen molar-refractivity contribution < 1.29 is 14.2 Å². The molecule has 1 saturated carbocycles. The number of halogens is 1. The lowest BCUT2D eigenvalue weighted by atomic mass is 9.88. The number of ether oxygens (including phenoxy) is 1. The summed E-state index contributed by atoms with van der Waals surface area (Å²) in [4.78, 5) is 0. The van der Waals surface area contributed by atoms with Crippen LogP contribution in [0.15, 0.2) is 18.2 Å². The van der Waals surface area contributed by atoms with E-state index in [2.05, 4.69) is 12.2 Å². The molecule has 4 heteroatoms. The van der Waals surface area contributed by atoms with E-state index in [1.165, 1.54) is 25.3 Å². The maximum absolute atomic E-state index is 13.4. The van der Waals surface area contributed by atoms with Crippen molar-refractivity contribution in [1.82, 2.24) is 0 Å². The summed E-state index contributed by atoms with van der Waals surface area (Å²) in [6.45, 7) is 4.64. The van der Waals surface area contributed by atoms with Gasteiger partial charge in [-0.1, -0.05) is 25.8 Å². The number of aliphatic hydroxyl groups excluding tert-OH is 1. The summed E-state index contributed by atoms with van der Waals surface area (Å²) in [7, 11) is 0.